The third kappa shape index (κ3) is 6.92. The number of benzene rings is 2. The first-order chi connectivity index (χ1) is 15.9. The highest BCUT2D eigenvalue weighted by Gasteiger charge is 2.17. The summed E-state index contributed by atoms with van der Waals surface area (Å²) in [5, 5.41) is 0.379. The number of hydrazine groups is 1. The largest absolute Gasteiger partial charge is 0.493 e. The Morgan fingerprint density at radius 3 is 2.64 bits per heavy atom. The van der Waals surface area contributed by atoms with Gasteiger partial charge in [0.25, 0.3) is 5.91 Å². The molecule has 0 aromatic heterocycles. The van der Waals surface area contributed by atoms with Crippen LogP contribution < -0.4 is 29.8 Å². The van der Waals surface area contributed by atoms with Crippen molar-refractivity contribution in [1.29, 1.82) is 0 Å². The molecule has 0 bridgehead atoms. The molecule has 8 nitrogen and oxygen atoms in total. The minimum absolute atomic E-state index is 0.00257. The summed E-state index contributed by atoms with van der Waals surface area (Å²) >= 11 is 6.27. The molecule has 0 saturated carbocycles. The van der Waals surface area contributed by atoms with Crippen LogP contribution in [-0.2, 0) is 11.2 Å². The van der Waals surface area contributed by atoms with Gasteiger partial charge in [0.2, 0.25) is 5.91 Å². The highest BCUT2D eigenvalue weighted by atomic mass is 35.5. The van der Waals surface area contributed by atoms with Crippen molar-refractivity contribution in [3.05, 3.63) is 46.5 Å². The third-order valence-corrected chi connectivity index (χ3v) is 5.20. The van der Waals surface area contributed by atoms with Gasteiger partial charge in [-0.25, -0.2) is 0 Å². The number of hydrogen-bond acceptors (Lipinski definition) is 6. The zero-order chi connectivity index (χ0) is 23.8. The monoisotopic (exact) mass is 476 g/mol. The van der Waals surface area contributed by atoms with Gasteiger partial charge in [0.1, 0.15) is 0 Å². The van der Waals surface area contributed by atoms with Crippen molar-refractivity contribution < 1.29 is 28.5 Å². The van der Waals surface area contributed by atoms with Crippen LogP contribution in [0.5, 0.6) is 23.0 Å². The van der Waals surface area contributed by atoms with Gasteiger partial charge in [-0.2, -0.15) is 0 Å². The van der Waals surface area contributed by atoms with Crippen LogP contribution in [0.3, 0.4) is 0 Å². The lowest BCUT2D eigenvalue weighted by molar-refractivity contribution is -0.121. The summed E-state index contributed by atoms with van der Waals surface area (Å²) in [6.45, 7) is 5.83. The van der Waals surface area contributed by atoms with Crippen molar-refractivity contribution in [3.63, 3.8) is 0 Å². The molecule has 0 saturated heterocycles. The molecule has 1 aliphatic heterocycles. The Morgan fingerprint density at radius 1 is 1.09 bits per heavy atom. The van der Waals surface area contributed by atoms with E-state index in [0.29, 0.717) is 64.9 Å². The van der Waals surface area contributed by atoms with Gasteiger partial charge in [-0.1, -0.05) is 25.4 Å². The maximum atomic E-state index is 12.5. The van der Waals surface area contributed by atoms with Crippen molar-refractivity contribution in [3.8, 4) is 23.0 Å². The van der Waals surface area contributed by atoms with E-state index in [1.165, 1.54) is 7.11 Å². The maximum absolute atomic E-state index is 12.5. The zero-order valence-electron chi connectivity index (χ0n) is 19.0. The number of amides is 2. The first kappa shape index (κ1) is 24.5. The van der Waals surface area contributed by atoms with Gasteiger partial charge in [0.15, 0.2) is 23.0 Å². The second kappa shape index (κ2) is 11.7. The second-order valence-corrected chi connectivity index (χ2v) is 8.44. The smallest absolute Gasteiger partial charge is 0.269 e. The van der Waals surface area contributed by atoms with Crippen LogP contribution >= 0.6 is 11.6 Å². The molecule has 33 heavy (non-hydrogen) atoms. The molecule has 0 radical (unpaired) electrons. The Hall–Kier alpha value is -3.13. The lowest BCUT2D eigenvalue weighted by Crippen LogP contribution is -2.42. The first-order valence-corrected chi connectivity index (χ1v) is 11.2. The fourth-order valence-corrected chi connectivity index (χ4v) is 3.43. The predicted molar refractivity (Wildman–Crippen MR) is 124 cm³/mol. The molecule has 1 heterocycles. The van der Waals surface area contributed by atoms with Crippen molar-refractivity contribution >= 4 is 23.4 Å². The van der Waals surface area contributed by atoms with Crippen LogP contribution in [0.15, 0.2) is 30.3 Å². The highest BCUT2D eigenvalue weighted by molar-refractivity contribution is 6.32. The Morgan fingerprint density at radius 2 is 1.88 bits per heavy atom. The average molecular weight is 477 g/mol. The number of carbonyl (C=O) groups excluding carboxylic acids is 2. The van der Waals surface area contributed by atoms with E-state index in [-0.39, 0.29) is 6.42 Å². The van der Waals surface area contributed by atoms with Crippen LogP contribution in [0.4, 0.5) is 0 Å². The standard InChI is InChI=1S/C24H29ClN2O6/c1-15(2)7-10-32-19-6-5-17(14-20(19)30-3)24(29)27-26-22(28)13-16-11-18(25)23-21(12-16)31-8-4-9-33-23/h5-6,11-12,14-15H,4,7-10,13H2,1-3H3,(H,26,28)(H,27,29). The fraction of sp³-hybridized carbons (Fsp3) is 0.417. The molecule has 2 aromatic carbocycles. The summed E-state index contributed by atoms with van der Waals surface area (Å²) < 4.78 is 22.3. The molecule has 3 rings (SSSR count). The Kier molecular flexibility index (Phi) is 8.65. The van der Waals surface area contributed by atoms with Gasteiger partial charge >= 0.3 is 0 Å². The molecule has 0 fully saturated rings. The van der Waals surface area contributed by atoms with Gasteiger partial charge < -0.3 is 18.9 Å². The van der Waals surface area contributed by atoms with Gasteiger partial charge in [-0.15, -0.1) is 0 Å². The average Bonchev–Trinajstić information content (AvgIpc) is 3.03. The van der Waals surface area contributed by atoms with Gasteiger partial charge in [-0.3, -0.25) is 20.4 Å². The summed E-state index contributed by atoms with van der Waals surface area (Å²) in [6.07, 6.45) is 1.66. The number of ether oxygens (including phenoxy) is 4. The molecular formula is C24H29ClN2O6. The lowest BCUT2D eigenvalue weighted by atomic mass is 10.1. The molecule has 0 spiro atoms. The van der Waals surface area contributed by atoms with Gasteiger partial charge in [0.05, 0.1) is 38.4 Å². The van der Waals surface area contributed by atoms with Crippen LogP contribution in [0, 0.1) is 5.92 Å². The van der Waals surface area contributed by atoms with E-state index in [1.807, 2.05) is 0 Å². The van der Waals surface area contributed by atoms with Gasteiger partial charge in [0, 0.05) is 12.0 Å². The van der Waals surface area contributed by atoms with E-state index in [0.717, 1.165) is 12.8 Å². The molecule has 1 aliphatic rings. The van der Waals surface area contributed by atoms with Crippen molar-refractivity contribution in [2.24, 2.45) is 5.92 Å². The lowest BCUT2D eigenvalue weighted by Gasteiger charge is -2.14. The van der Waals surface area contributed by atoms with Crippen molar-refractivity contribution in [1.82, 2.24) is 10.9 Å². The molecular weight excluding hydrogens is 448 g/mol. The number of rotatable bonds is 8. The summed E-state index contributed by atoms with van der Waals surface area (Å²) in [4.78, 5) is 24.8. The highest BCUT2D eigenvalue weighted by Crippen LogP contribution is 2.38. The molecule has 9 heteroatoms. The summed E-state index contributed by atoms with van der Waals surface area (Å²) in [5.74, 6) is 1.63. The normalized spacial score (nSPS) is 12.6. The molecule has 2 aromatic rings. The van der Waals surface area contributed by atoms with E-state index in [9.17, 15) is 9.59 Å². The Bertz CT molecular complexity index is 995. The van der Waals surface area contributed by atoms with Crippen molar-refractivity contribution in [2.75, 3.05) is 26.9 Å². The van der Waals surface area contributed by atoms with Crippen LogP contribution in [0.1, 0.15) is 42.6 Å². The van der Waals surface area contributed by atoms with Crippen LogP contribution in [-0.4, -0.2) is 38.7 Å². The number of halogens is 1. The third-order valence-electron chi connectivity index (χ3n) is 4.92. The quantitative estimate of drug-likeness (QED) is 0.560. The molecule has 2 N–H and O–H groups in total. The molecule has 0 unspecified atom stereocenters. The number of carbonyl (C=O) groups is 2. The number of nitrogens with one attached hydrogen (secondary N) is 2. The van der Waals surface area contributed by atoms with E-state index in [1.54, 1.807) is 30.3 Å². The van der Waals surface area contributed by atoms with E-state index in [4.69, 9.17) is 30.5 Å². The summed E-state index contributed by atoms with van der Waals surface area (Å²) in [7, 11) is 1.51. The minimum Gasteiger partial charge on any atom is -0.493 e. The maximum Gasteiger partial charge on any atom is 0.269 e. The molecule has 178 valence electrons. The Labute approximate surface area is 198 Å². The molecule has 0 atom stereocenters. The van der Waals surface area contributed by atoms with Crippen molar-refractivity contribution in [2.45, 2.75) is 33.1 Å². The second-order valence-electron chi connectivity index (χ2n) is 8.03. The predicted octanol–water partition coefficient (Wildman–Crippen LogP) is 3.94. The topological polar surface area (TPSA) is 95.1 Å². The SMILES string of the molecule is COc1cc(C(=O)NNC(=O)Cc2cc(Cl)c3c(c2)OCCCO3)ccc1OCCC(C)C. The fourth-order valence-electron chi connectivity index (χ4n) is 3.15. The number of hydrogen-bond donors (Lipinski definition) is 2. The minimum atomic E-state index is -0.480. The zero-order valence-corrected chi connectivity index (χ0v) is 19.8. The molecule has 2 amide bonds. The number of methoxy groups -OCH3 is 1. The van der Waals surface area contributed by atoms with Gasteiger partial charge in [-0.05, 0) is 48.2 Å². The van der Waals surface area contributed by atoms with E-state index < -0.39 is 11.8 Å². The summed E-state index contributed by atoms with van der Waals surface area (Å²) in [5.41, 5.74) is 5.79. The Balaban J connectivity index is 1.56. The van der Waals surface area contributed by atoms with Crippen LogP contribution in [0.25, 0.3) is 0 Å². The van der Waals surface area contributed by atoms with E-state index >= 15 is 0 Å². The van der Waals surface area contributed by atoms with E-state index in [2.05, 4.69) is 24.7 Å². The molecule has 0 aliphatic carbocycles. The number of fused-ring (bicyclic) bond motifs is 1. The summed E-state index contributed by atoms with van der Waals surface area (Å²) in [6, 6.07) is 8.22. The first-order valence-electron chi connectivity index (χ1n) is 10.9. The van der Waals surface area contributed by atoms with Crippen LogP contribution in [0.2, 0.25) is 5.02 Å².